The largest absolute Gasteiger partial charge is 0.367 e. The van der Waals surface area contributed by atoms with E-state index in [0.717, 1.165) is 16.1 Å². The monoisotopic (exact) mass is 362 g/mol. The van der Waals surface area contributed by atoms with Gasteiger partial charge in [-0.2, -0.15) is 0 Å². The lowest BCUT2D eigenvalue weighted by atomic mass is 10.0. The SMILES string of the molecule is Clc1ccccc1COC(Cn1ccnc1)c1ccc2ccccc2c1. The first-order valence-corrected chi connectivity index (χ1v) is 8.97. The predicted octanol–water partition coefficient (Wildman–Crippen LogP) is 5.65. The first kappa shape index (κ1) is 16.8. The highest BCUT2D eigenvalue weighted by atomic mass is 35.5. The molecule has 1 unspecified atom stereocenters. The summed E-state index contributed by atoms with van der Waals surface area (Å²) in [5.74, 6) is 0. The minimum atomic E-state index is -0.0925. The summed E-state index contributed by atoms with van der Waals surface area (Å²) >= 11 is 6.28. The van der Waals surface area contributed by atoms with Gasteiger partial charge in [-0.25, -0.2) is 4.98 Å². The maximum Gasteiger partial charge on any atom is 0.101 e. The van der Waals surface area contributed by atoms with Gasteiger partial charge in [0.25, 0.3) is 0 Å². The normalized spacial score (nSPS) is 12.3. The van der Waals surface area contributed by atoms with Gasteiger partial charge in [0.2, 0.25) is 0 Å². The summed E-state index contributed by atoms with van der Waals surface area (Å²) in [7, 11) is 0. The fraction of sp³-hybridized carbons (Fsp3) is 0.136. The zero-order valence-electron chi connectivity index (χ0n) is 14.3. The fourth-order valence-electron chi connectivity index (χ4n) is 3.05. The Morgan fingerprint density at radius 3 is 2.58 bits per heavy atom. The topological polar surface area (TPSA) is 27.1 Å². The van der Waals surface area contributed by atoms with E-state index < -0.39 is 0 Å². The molecule has 26 heavy (non-hydrogen) atoms. The Bertz CT molecular complexity index is 998. The average Bonchev–Trinajstić information content (AvgIpc) is 3.19. The molecule has 0 amide bonds. The van der Waals surface area contributed by atoms with Crippen LogP contribution in [0.3, 0.4) is 0 Å². The minimum absolute atomic E-state index is 0.0925. The van der Waals surface area contributed by atoms with Gasteiger partial charge in [-0.1, -0.05) is 66.2 Å². The highest BCUT2D eigenvalue weighted by molar-refractivity contribution is 6.31. The molecule has 0 spiro atoms. The predicted molar refractivity (Wildman–Crippen MR) is 105 cm³/mol. The Labute approximate surface area is 157 Å². The number of halogens is 1. The molecule has 0 saturated carbocycles. The van der Waals surface area contributed by atoms with Crippen LogP contribution in [0, 0.1) is 0 Å². The highest BCUT2D eigenvalue weighted by Gasteiger charge is 2.14. The van der Waals surface area contributed by atoms with Crippen LogP contribution in [-0.2, 0) is 17.9 Å². The molecule has 0 N–H and O–H groups in total. The second kappa shape index (κ2) is 7.73. The Morgan fingerprint density at radius 1 is 0.962 bits per heavy atom. The van der Waals surface area contributed by atoms with E-state index in [0.29, 0.717) is 13.2 Å². The van der Waals surface area contributed by atoms with Crippen molar-refractivity contribution >= 4 is 22.4 Å². The number of hydrogen-bond acceptors (Lipinski definition) is 2. The van der Waals surface area contributed by atoms with Gasteiger partial charge in [0.15, 0.2) is 0 Å². The quantitative estimate of drug-likeness (QED) is 0.443. The van der Waals surface area contributed by atoms with Gasteiger partial charge in [-0.3, -0.25) is 0 Å². The molecule has 4 aromatic rings. The number of nitrogens with zero attached hydrogens (tertiary/aromatic N) is 2. The molecule has 0 saturated heterocycles. The van der Waals surface area contributed by atoms with Gasteiger partial charge in [0, 0.05) is 17.4 Å². The van der Waals surface area contributed by atoms with Crippen LogP contribution in [0.1, 0.15) is 17.2 Å². The van der Waals surface area contributed by atoms with Gasteiger partial charge >= 0.3 is 0 Å². The van der Waals surface area contributed by atoms with Crippen molar-refractivity contribution in [1.82, 2.24) is 9.55 Å². The third-order valence-electron chi connectivity index (χ3n) is 4.48. The van der Waals surface area contributed by atoms with Gasteiger partial charge < -0.3 is 9.30 Å². The highest BCUT2D eigenvalue weighted by Crippen LogP contribution is 2.26. The Balaban J connectivity index is 1.62. The fourth-order valence-corrected chi connectivity index (χ4v) is 3.24. The van der Waals surface area contributed by atoms with Crippen LogP contribution in [0.2, 0.25) is 5.02 Å². The van der Waals surface area contributed by atoms with Crippen LogP contribution in [-0.4, -0.2) is 9.55 Å². The molecule has 0 radical (unpaired) electrons. The summed E-state index contributed by atoms with van der Waals surface area (Å²) in [5.41, 5.74) is 2.13. The first-order chi connectivity index (χ1) is 12.8. The van der Waals surface area contributed by atoms with Crippen LogP contribution < -0.4 is 0 Å². The van der Waals surface area contributed by atoms with E-state index in [2.05, 4.69) is 47.4 Å². The Hall–Kier alpha value is -2.62. The number of fused-ring (bicyclic) bond motifs is 1. The number of rotatable bonds is 6. The molecule has 1 atom stereocenters. The third kappa shape index (κ3) is 3.79. The second-order valence-electron chi connectivity index (χ2n) is 6.26. The molecule has 1 aromatic heterocycles. The summed E-state index contributed by atoms with van der Waals surface area (Å²) in [6.07, 6.45) is 5.45. The summed E-state index contributed by atoms with van der Waals surface area (Å²) < 4.78 is 8.32. The molecule has 0 aliphatic rings. The van der Waals surface area contributed by atoms with Crippen LogP contribution in [0.15, 0.2) is 85.5 Å². The molecule has 0 aliphatic heterocycles. The van der Waals surface area contributed by atoms with E-state index >= 15 is 0 Å². The number of imidazole rings is 1. The van der Waals surface area contributed by atoms with Crippen molar-refractivity contribution in [1.29, 1.82) is 0 Å². The first-order valence-electron chi connectivity index (χ1n) is 8.59. The molecule has 0 bridgehead atoms. The smallest absolute Gasteiger partial charge is 0.101 e. The number of ether oxygens (including phenoxy) is 1. The third-order valence-corrected chi connectivity index (χ3v) is 4.85. The van der Waals surface area contributed by atoms with Crippen molar-refractivity contribution in [2.24, 2.45) is 0 Å². The second-order valence-corrected chi connectivity index (χ2v) is 6.66. The zero-order chi connectivity index (χ0) is 17.8. The summed E-state index contributed by atoms with van der Waals surface area (Å²) in [6.45, 7) is 1.16. The van der Waals surface area contributed by atoms with E-state index in [1.54, 1.807) is 6.20 Å². The molecule has 1 heterocycles. The molecule has 4 heteroatoms. The molecular weight excluding hydrogens is 344 g/mol. The summed E-state index contributed by atoms with van der Waals surface area (Å²) in [6, 6.07) is 22.6. The molecule has 3 nitrogen and oxygen atoms in total. The lowest BCUT2D eigenvalue weighted by molar-refractivity contribution is 0.0281. The van der Waals surface area contributed by atoms with Crippen LogP contribution in [0.25, 0.3) is 10.8 Å². The van der Waals surface area contributed by atoms with Gasteiger partial charge in [-0.15, -0.1) is 0 Å². The van der Waals surface area contributed by atoms with Crippen molar-refractivity contribution in [2.45, 2.75) is 19.3 Å². The van der Waals surface area contributed by atoms with Crippen LogP contribution in [0.4, 0.5) is 0 Å². The van der Waals surface area contributed by atoms with Gasteiger partial charge in [-0.05, 0) is 34.0 Å². The van der Waals surface area contributed by atoms with Crippen molar-refractivity contribution in [2.75, 3.05) is 0 Å². The lowest BCUT2D eigenvalue weighted by Gasteiger charge is -2.20. The van der Waals surface area contributed by atoms with Crippen molar-refractivity contribution in [3.8, 4) is 0 Å². The summed E-state index contributed by atoms with van der Waals surface area (Å²) in [5, 5.41) is 3.16. The average molecular weight is 363 g/mol. The number of aromatic nitrogens is 2. The van der Waals surface area contributed by atoms with E-state index in [-0.39, 0.29) is 6.10 Å². The molecule has 4 rings (SSSR count). The van der Waals surface area contributed by atoms with Crippen molar-refractivity contribution < 1.29 is 4.74 Å². The van der Waals surface area contributed by atoms with Gasteiger partial charge in [0.05, 0.1) is 19.5 Å². The molecular formula is C22H19ClN2O. The van der Waals surface area contributed by atoms with E-state index in [1.807, 2.05) is 41.4 Å². The molecule has 0 aliphatic carbocycles. The summed E-state index contributed by atoms with van der Waals surface area (Å²) in [4.78, 5) is 4.14. The zero-order valence-corrected chi connectivity index (χ0v) is 15.0. The van der Waals surface area contributed by atoms with Gasteiger partial charge in [0.1, 0.15) is 6.10 Å². The standard InChI is InChI=1S/C22H19ClN2O/c23-21-8-4-3-7-20(21)15-26-22(14-25-12-11-24-16-25)19-10-9-17-5-1-2-6-18(17)13-19/h1-13,16,22H,14-15H2. The van der Waals surface area contributed by atoms with E-state index in [9.17, 15) is 0 Å². The Morgan fingerprint density at radius 2 is 1.77 bits per heavy atom. The molecule has 3 aromatic carbocycles. The van der Waals surface area contributed by atoms with Crippen molar-refractivity contribution in [3.05, 3.63) is 102 Å². The number of hydrogen-bond donors (Lipinski definition) is 0. The maximum absolute atomic E-state index is 6.28. The van der Waals surface area contributed by atoms with Crippen LogP contribution >= 0.6 is 11.6 Å². The Kier molecular flexibility index (Phi) is 5.00. The maximum atomic E-state index is 6.28. The van der Waals surface area contributed by atoms with Crippen molar-refractivity contribution in [3.63, 3.8) is 0 Å². The lowest BCUT2D eigenvalue weighted by Crippen LogP contribution is -2.12. The van der Waals surface area contributed by atoms with E-state index in [1.165, 1.54) is 10.8 Å². The number of benzene rings is 3. The van der Waals surface area contributed by atoms with Crippen LogP contribution in [0.5, 0.6) is 0 Å². The minimum Gasteiger partial charge on any atom is -0.367 e. The van der Waals surface area contributed by atoms with E-state index in [4.69, 9.17) is 16.3 Å². The molecule has 130 valence electrons. The molecule has 0 fully saturated rings.